The highest BCUT2D eigenvalue weighted by Crippen LogP contribution is 2.32. The number of aliphatic carboxylic acids is 1. The Morgan fingerprint density at radius 2 is 1.96 bits per heavy atom. The number of methoxy groups -OCH3 is 1. The number of nitrogens with one attached hydrogen (secondary N) is 1. The molecule has 1 amide bonds. The second kappa shape index (κ2) is 7.77. The Hall–Kier alpha value is -3.22. The molecule has 0 saturated carbocycles. The van der Waals surface area contributed by atoms with E-state index in [9.17, 15) is 14.7 Å². The van der Waals surface area contributed by atoms with Crippen LogP contribution in [-0.2, 0) is 11.2 Å². The molecule has 1 atom stereocenters. The van der Waals surface area contributed by atoms with E-state index in [2.05, 4.69) is 5.32 Å². The Bertz CT molecular complexity index is 819. The zero-order valence-electron chi connectivity index (χ0n) is 14.2. The van der Waals surface area contributed by atoms with Gasteiger partial charge < -0.3 is 24.6 Å². The summed E-state index contributed by atoms with van der Waals surface area (Å²) in [6.07, 6.45) is 0.251. The maximum absolute atomic E-state index is 12.3. The first-order valence-corrected chi connectivity index (χ1v) is 8.11. The monoisotopic (exact) mass is 357 g/mol. The van der Waals surface area contributed by atoms with E-state index in [4.69, 9.17) is 14.2 Å². The molecule has 2 aromatic rings. The first-order valence-electron chi connectivity index (χ1n) is 8.11. The van der Waals surface area contributed by atoms with Crippen LogP contribution < -0.4 is 19.5 Å². The third-order valence-electron chi connectivity index (χ3n) is 4.15. The van der Waals surface area contributed by atoms with Crippen molar-refractivity contribution in [1.82, 2.24) is 5.32 Å². The van der Waals surface area contributed by atoms with E-state index < -0.39 is 11.9 Å². The molecule has 0 aromatic heterocycles. The van der Waals surface area contributed by atoms with Gasteiger partial charge in [-0.15, -0.1) is 0 Å². The van der Waals surface area contributed by atoms with Crippen LogP contribution in [0.3, 0.4) is 0 Å². The smallest absolute Gasteiger partial charge is 0.308 e. The van der Waals surface area contributed by atoms with Crippen LogP contribution in [-0.4, -0.2) is 37.4 Å². The molecule has 3 rings (SSSR count). The fourth-order valence-electron chi connectivity index (χ4n) is 2.74. The average molecular weight is 357 g/mol. The van der Waals surface area contributed by atoms with Gasteiger partial charge in [0.1, 0.15) is 5.75 Å². The molecule has 0 aliphatic carbocycles. The Kier molecular flexibility index (Phi) is 5.26. The number of hydrogen-bond acceptors (Lipinski definition) is 5. The highest BCUT2D eigenvalue weighted by molar-refractivity contribution is 5.95. The summed E-state index contributed by atoms with van der Waals surface area (Å²) in [5, 5.41) is 12.2. The molecule has 0 fully saturated rings. The zero-order valence-corrected chi connectivity index (χ0v) is 14.2. The summed E-state index contributed by atoms with van der Waals surface area (Å²) in [6.45, 7) is 0.126. The van der Waals surface area contributed by atoms with Crippen molar-refractivity contribution in [2.75, 3.05) is 20.4 Å². The third-order valence-corrected chi connectivity index (χ3v) is 4.15. The number of carbonyl (C=O) groups is 2. The summed E-state index contributed by atoms with van der Waals surface area (Å²) in [7, 11) is 1.54. The molecule has 7 nitrogen and oxygen atoms in total. The molecule has 1 heterocycles. The van der Waals surface area contributed by atoms with Gasteiger partial charge in [0.15, 0.2) is 11.5 Å². The molecule has 0 spiro atoms. The lowest BCUT2D eigenvalue weighted by Crippen LogP contribution is -2.34. The lowest BCUT2D eigenvalue weighted by atomic mass is 9.98. The van der Waals surface area contributed by atoms with Crippen LogP contribution in [0.5, 0.6) is 17.2 Å². The highest BCUT2D eigenvalue weighted by atomic mass is 16.7. The summed E-state index contributed by atoms with van der Waals surface area (Å²) in [4.78, 5) is 23.9. The van der Waals surface area contributed by atoms with Gasteiger partial charge in [-0.2, -0.15) is 0 Å². The molecule has 1 aliphatic rings. The van der Waals surface area contributed by atoms with Crippen LogP contribution in [0.1, 0.15) is 15.9 Å². The van der Waals surface area contributed by atoms with Gasteiger partial charge in [-0.1, -0.05) is 18.2 Å². The van der Waals surface area contributed by atoms with Gasteiger partial charge in [-0.25, -0.2) is 0 Å². The quantitative estimate of drug-likeness (QED) is 0.788. The van der Waals surface area contributed by atoms with Gasteiger partial charge in [0.25, 0.3) is 5.91 Å². The number of fused-ring (bicyclic) bond motifs is 1. The Morgan fingerprint density at radius 1 is 1.19 bits per heavy atom. The number of carbonyl (C=O) groups excluding carboxylic acids is 1. The van der Waals surface area contributed by atoms with E-state index in [1.807, 2.05) is 18.2 Å². The minimum Gasteiger partial charge on any atom is -0.496 e. The molecule has 26 heavy (non-hydrogen) atoms. The number of ether oxygens (including phenoxy) is 3. The fraction of sp³-hybridized carbons (Fsp3) is 0.263. The maximum Gasteiger partial charge on any atom is 0.308 e. The van der Waals surface area contributed by atoms with Crippen molar-refractivity contribution in [3.05, 3.63) is 53.6 Å². The summed E-state index contributed by atoms with van der Waals surface area (Å²) in [6, 6.07) is 12.1. The number of para-hydroxylation sites is 1. The zero-order chi connectivity index (χ0) is 18.5. The summed E-state index contributed by atoms with van der Waals surface area (Å²) in [5.41, 5.74) is 1.16. The molecule has 1 unspecified atom stereocenters. The van der Waals surface area contributed by atoms with E-state index in [-0.39, 0.29) is 25.7 Å². The molecule has 0 bridgehead atoms. The molecule has 1 aliphatic heterocycles. The van der Waals surface area contributed by atoms with Gasteiger partial charge in [-0.3, -0.25) is 9.59 Å². The molecule has 136 valence electrons. The van der Waals surface area contributed by atoms with E-state index in [0.717, 1.165) is 5.56 Å². The topological polar surface area (TPSA) is 94.1 Å². The Balaban J connectivity index is 1.65. The van der Waals surface area contributed by atoms with Gasteiger partial charge in [0, 0.05) is 12.1 Å². The molecular weight excluding hydrogens is 338 g/mol. The van der Waals surface area contributed by atoms with E-state index in [1.54, 1.807) is 24.3 Å². The standard InChI is InChI=1S/C19H19NO6/c1-24-15-5-3-2-4-12(15)8-14(19(22)23)10-20-18(21)13-6-7-16-17(9-13)26-11-25-16/h2-7,9,14H,8,10-11H2,1H3,(H,20,21)(H,22,23). The van der Waals surface area contributed by atoms with Crippen molar-refractivity contribution in [3.63, 3.8) is 0 Å². The first-order chi connectivity index (χ1) is 12.6. The maximum atomic E-state index is 12.3. The number of carboxylic acids is 1. The number of rotatable bonds is 7. The second-order valence-electron chi connectivity index (χ2n) is 5.83. The van der Waals surface area contributed by atoms with Crippen molar-refractivity contribution in [2.45, 2.75) is 6.42 Å². The SMILES string of the molecule is COc1ccccc1CC(CNC(=O)c1ccc2c(c1)OCO2)C(=O)O. The summed E-state index contributed by atoms with van der Waals surface area (Å²) >= 11 is 0. The van der Waals surface area contributed by atoms with Crippen molar-refractivity contribution in [1.29, 1.82) is 0 Å². The number of amides is 1. The van der Waals surface area contributed by atoms with Crippen LogP contribution in [0.25, 0.3) is 0 Å². The number of benzene rings is 2. The lowest BCUT2D eigenvalue weighted by Gasteiger charge is -2.15. The molecule has 7 heteroatoms. The van der Waals surface area contributed by atoms with Crippen LogP contribution in [0, 0.1) is 5.92 Å². The second-order valence-corrected chi connectivity index (χ2v) is 5.83. The molecule has 2 aromatic carbocycles. The van der Waals surface area contributed by atoms with Crippen LogP contribution in [0.4, 0.5) is 0 Å². The van der Waals surface area contributed by atoms with Gasteiger partial charge in [0.2, 0.25) is 6.79 Å². The first kappa shape index (κ1) is 17.6. The lowest BCUT2D eigenvalue weighted by molar-refractivity contribution is -0.141. The van der Waals surface area contributed by atoms with Gasteiger partial charge >= 0.3 is 5.97 Å². The Morgan fingerprint density at radius 3 is 2.73 bits per heavy atom. The van der Waals surface area contributed by atoms with Crippen LogP contribution >= 0.6 is 0 Å². The van der Waals surface area contributed by atoms with E-state index in [1.165, 1.54) is 7.11 Å². The average Bonchev–Trinajstić information content (AvgIpc) is 3.12. The highest BCUT2D eigenvalue weighted by Gasteiger charge is 2.22. The van der Waals surface area contributed by atoms with Crippen molar-refractivity contribution < 1.29 is 28.9 Å². The number of carboxylic acid groups (broad SMARTS) is 1. The predicted molar refractivity (Wildman–Crippen MR) is 92.7 cm³/mol. The predicted octanol–water partition coefficient (Wildman–Crippen LogP) is 2.10. The summed E-state index contributed by atoms with van der Waals surface area (Å²) in [5.74, 6) is -0.413. The molecule has 0 saturated heterocycles. The number of hydrogen-bond donors (Lipinski definition) is 2. The molecular formula is C19H19NO6. The third kappa shape index (κ3) is 3.88. The fourth-order valence-corrected chi connectivity index (χ4v) is 2.74. The van der Waals surface area contributed by atoms with Gasteiger partial charge in [0.05, 0.1) is 13.0 Å². The van der Waals surface area contributed by atoms with Crippen molar-refractivity contribution in [2.24, 2.45) is 5.92 Å². The summed E-state index contributed by atoms with van der Waals surface area (Å²) < 4.78 is 15.7. The van der Waals surface area contributed by atoms with E-state index >= 15 is 0 Å². The van der Waals surface area contributed by atoms with Crippen LogP contribution in [0.2, 0.25) is 0 Å². The van der Waals surface area contributed by atoms with Crippen LogP contribution in [0.15, 0.2) is 42.5 Å². The van der Waals surface area contributed by atoms with Gasteiger partial charge in [-0.05, 0) is 36.2 Å². The van der Waals surface area contributed by atoms with Crippen molar-refractivity contribution >= 4 is 11.9 Å². The van der Waals surface area contributed by atoms with Crippen molar-refractivity contribution in [3.8, 4) is 17.2 Å². The minimum absolute atomic E-state index is 0.000652. The molecule has 0 radical (unpaired) electrons. The minimum atomic E-state index is -0.984. The molecule has 2 N–H and O–H groups in total. The largest absolute Gasteiger partial charge is 0.496 e. The Labute approximate surface area is 150 Å². The normalized spacial score (nSPS) is 13.1. The van der Waals surface area contributed by atoms with E-state index in [0.29, 0.717) is 22.8 Å².